The minimum absolute atomic E-state index is 0.623. The maximum atomic E-state index is 6.06. The van der Waals surface area contributed by atoms with Crippen LogP contribution in [0.5, 0.6) is 5.75 Å². The highest BCUT2D eigenvalue weighted by atomic mass is 28.4. The van der Waals surface area contributed by atoms with Crippen molar-refractivity contribution in [1.82, 2.24) is 0 Å². The second-order valence-electron chi connectivity index (χ2n) is 5.86. The third-order valence-corrected chi connectivity index (χ3v) is 7.46. The zero-order valence-corrected chi connectivity index (χ0v) is 15.5. The molecule has 0 unspecified atom stereocenters. The molecule has 0 saturated carbocycles. The highest BCUT2D eigenvalue weighted by Crippen LogP contribution is 2.40. The molecule has 1 aliphatic rings. The summed E-state index contributed by atoms with van der Waals surface area (Å²) in [5.41, 5.74) is 5.26. The number of hydrogen-bond acceptors (Lipinski definition) is 4. The molecule has 0 amide bonds. The van der Waals surface area contributed by atoms with Crippen molar-refractivity contribution in [3.63, 3.8) is 0 Å². The van der Waals surface area contributed by atoms with Gasteiger partial charge in [0.15, 0.2) is 0 Å². The Hall–Kier alpha value is -1.66. The average molecular weight is 344 g/mol. The molecule has 4 nitrogen and oxygen atoms in total. The van der Waals surface area contributed by atoms with E-state index in [9.17, 15) is 0 Å². The van der Waals surface area contributed by atoms with Crippen LogP contribution >= 0.6 is 0 Å². The highest BCUT2D eigenvalue weighted by molar-refractivity contribution is 6.60. The van der Waals surface area contributed by atoms with E-state index in [0.717, 1.165) is 24.6 Å². The van der Waals surface area contributed by atoms with Gasteiger partial charge in [-0.1, -0.05) is 36.4 Å². The fraction of sp³-hybridized carbons (Fsp3) is 0.368. The Morgan fingerprint density at radius 3 is 2.33 bits per heavy atom. The summed E-state index contributed by atoms with van der Waals surface area (Å²) in [5.74, 6) is 0.975. The normalized spacial score (nSPS) is 12.8. The number of rotatable bonds is 8. The van der Waals surface area contributed by atoms with E-state index in [0.29, 0.717) is 6.61 Å². The number of hydrogen-bond donors (Lipinski definition) is 0. The van der Waals surface area contributed by atoms with E-state index in [4.69, 9.17) is 18.0 Å². The van der Waals surface area contributed by atoms with Crippen molar-refractivity contribution in [3.05, 3.63) is 53.6 Å². The largest absolute Gasteiger partial charge is 0.500 e. The average Bonchev–Trinajstić information content (AvgIpc) is 3.02. The Bertz CT molecular complexity index is 689. The standard InChI is InChI=1S/C19H24O4Si/c1-20-24(21-2,22-3)13-7-12-23-19-11-6-10-17-16-9-5-4-8-15(16)14-18(17)19/h4-6,8-11H,7,12-14H2,1-3H3. The van der Waals surface area contributed by atoms with Crippen LogP contribution < -0.4 is 4.74 Å². The van der Waals surface area contributed by atoms with Crippen LogP contribution in [0.15, 0.2) is 42.5 Å². The smallest absolute Gasteiger partial charge is 0.493 e. The molecular weight excluding hydrogens is 320 g/mol. The Morgan fingerprint density at radius 2 is 1.58 bits per heavy atom. The van der Waals surface area contributed by atoms with Gasteiger partial charge in [-0.25, -0.2) is 0 Å². The molecule has 2 aromatic carbocycles. The summed E-state index contributed by atoms with van der Waals surface area (Å²) in [6.45, 7) is 0.623. The first-order valence-corrected chi connectivity index (χ1v) is 10.1. The zero-order chi connectivity index (χ0) is 17.0. The monoisotopic (exact) mass is 344 g/mol. The van der Waals surface area contributed by atoms with Gasteiger partial charge in [0.05, 0.1) is 6.61 Å². The molecule has 24 heavy (non-hydrogen) atoms. The van der Waals surface area contributed by atoms with Crippen LogP contribution in [0.25, 0.3) is 11.1 Å². The molecule has 0 radical (unpaired) electrons. The van der Waals surface area contributed by atoms with Gasteiger partial charge in [-0.15, -0.1) is 0 Å². The van der Waals surface area contributed by atoms with Crippen molar-refractivity contribution in [2.45, 2.75) is 18.9 Å². The summed E-state index contributed by atoms with van der Waals surface area (Å²) in [6.07, 6.45) is 1.77. The zero-order valence-electron chi connectivity index (χ0n) is 14.5. The SMILES string of the molecule is CO[Si](CCCOc1cccc2c1Cc1ccccc1-2)(OC)OC. The number of benzene rings is 2. The summed E-state index contributed by atoms with van der Waals surface area (Å²) < 4.78 is 22.4. The molecule has 0 aliphatic heterocycles. The van der Waals surface area contributed by atoms with E-state index in [1.165, 1.54) is 22.3 Å². The fourth-order valence-corrected chi connectivity index (χ4v) is 4.98. The second kappa shape index (κ2) is 7.48. The van der Waals surface area contributed by atoms with Crippen molar-refractivity contribution in [2.24, 2.45) is 0 Å². The summed E-state index contributed by atoms with van der Waals surface area (Å²) in [7, 11) is 2.41. The van der Waals surface area contributed by atoms with Crippen LogP contribution in [0, 0.1) is 0 Å². The van der Waals surface area contributed by atoms with Gasteiger partial charge in [-0.05, 0) is 29.2 Å². The van der Waals surface area contributed by atoms with E-state index in [1.807, 2.05) is 0 Å². The quantitative estimate of drug-likeness (QED) is 0.459. The Morgan fingerprint density at radius 1 is 0.875 bits per heavy atom. The molecule has 0 saturated heterocycles. The van der Waals surface area contributed by atoms with Gasteiger partial charge in [-0.2, -0.15) is 0 Å². The molecule has 1 aliphatic carbocycles. The summed E-state index contributed by atoms with van der Waals surface area (Å²) in [4.78, 5) is 0. The Kier molecular flexibility index (Phi) is 5.35. The lowest BCUT2D eigenvalue weighted by Crippen LogP contribution is -2.42. The van der Waals surface area contributed by atoms with Gasteiger partial charge >= 0.3 is 8.80 Å². The number of ether oxygens (including phenoxy) is 1. The molecule has 128 valence electrons. The van der Waals surface area contributed by atoms with E-state index >= 15 is 0 Å². The Balaban J connectivity index is 1.64. The van der Waals surface area contributed by atoms with Crippen molar-refractivity contribution in [1.29, 1.82) is 0 Å². The van der Waals surface area contributed by atoms with Gasteiger partial charge in [-0.3, -0.25) is 0 Å². The third-order valence-electron chi connectivity index (χ3n) is 4.63. The first-order valence-electron chi connectivity index (χ1n) is 8.21. The molecule has 0 aromatic heterocycles. The van der Waals surface area contributed by atoms with Gasteiger partial charge < -0.3 is 18.0 Å². The molecule has 0 spiro atoms. The van der Waals surface area contributed by atoms with Gasteiger partial charge in [0.25, 0.3) is 0 Å². The maximum absolute atomic E-state index is 6.06. The minimum atomic E-state index is -2.51. The van der Waals surface area contributed by atoms with Crippen LogP contribution in [-0.4, -0.2) is 36.7 Å². The van der Waals surface area contributed by atoms with Crippen molar-refractivity contribution >= 4 is 8.80 Å². The van der Waals surface area contributed by atoms with E-state index in [1.54, 1.807) is 21.3 Å². The van der Waals surface area contributed by atoms with Gasteiger partial charge in [0.2, 0.25) is 0 Å². The third kappa shape index (κ3) is 3.25. The van der Waals surface area contributed by atoms with Crippen LogP contribution in [0.4, 0.5) is 0 Å². The molecule has 0 bridgehead atoms. The molecule has 5 heteroatoms. The van der Waals surface area contributed by atoms with Crippen LogP contribution in [-0.2, 0) is 19.7 Å². The van der Waals surface area contributed by atoms with Crippen LogP contribution in [0.1, 0.15) is 17.5 Å². The predicted octanol–water partition coefficient (Wildman–Crippen LogP) is 3.90. The van der Waals surface area contributed by atoms with Crippen molar-refractivity contribution < 1.29 is 18.0 Å². The van der Waals surface area contributed by atoms with Crippen molar-refractivity contribution in [3.8, 4) is 16.9 Å². The highest BCUT2D eigenvalue weighted by Gasteiger charge is 2.37. The maximum Gasteiger partial charge on any atom is 0.500 e. The van der Waals surface area contributed by atoms with Gasteiger partial charge in [0.1, 0.15) is 5.75 Å². The number of fused-ring (bicyclic) bond motifs is 3. The summed E-state index contributed by atoms with van der Waals surface area (Å²) in [6, 6.07) is 15.6. The molecule has 0 atom stereocenters. The van der Waals surface area contributed by atoms with Crippen LogP contribution in [0.3, 0.4) is 0 Å². The summed E-state index contributed by atoms with van der Waals surface area (Å²) >= 11 is 0. The molecule has 3 rings (SSSR count). The Labute approximate surface area is 144 Å². The molecular formula is C19H24O4Si. The topological polar surface area (TPSA) is 36.9 Å². The fourth-order valence-electron chi connectivity index (χ4n) is 3.29. The predicted molar refractivity (Wildman–Crippen MR) is 96.4 cm³/mol. The minimum Gasteiger partial charge on any atom is -0.493 e. The lowest BCUT2D eigenvalue weighted by molar-refractivity contribution is 0.121. The van der Waals surface area contributed by atoms with E-state index in [2.05, 4.69) is 42.5 Å². The molecule has 2 aromatic rings. The first kappa shape index (κ1) is 17.2. The summed E-state index contributed by atoms with van der Waals surface area (Å²) in [5, 5.41) is 0. The lowest BCUT2D eigenvalue weighted by Gasteiger charge is -2.24. The first-order chi connectivity index (χ1) is 11.7. The molecule has 0 N–H and O–H groups in total. The van der Waals surface area contributed by atoms with Crippen molar-refractivity contribution in [2.75, 3.05) is 27.9 Å². The van der Waals surface area contributed by atoms with E-state index in [-0.39, 0.29) is 0 Å². The van der Waals surface area contributed by atoms with Gasteiger partial charge in [0, 0.05) is 39.4 Å². The second-order valence-corrected chi connectivity index (χ2v) is 8.95. The lowest BCUT2D eigenvalue weighted by atomic mass is 10.1. The van der Waals surface area contributed by atoms with E-state index < -0.39 is 8.80 Å². The molecule has 0 heterocycles. The van der Waals surface area contributed by atoms with Crippen LogP contribution in [0.2, 0.25) is 6.04 Å². The molecule has 0 fully saturated rings.